The fraction of sp³-hybridized carbons (Fsp3) is 0.783. The molecule has 0 bridgehead atoms. The first-order chi connectivity index (χ1) is 12.3. The molecule has 1 aromatic heterocycles. The zero-order valence-electron chi connectivity index (χ0n) is 16.7. The van der Waals surface area contributed by atoms with Gasteiger partial charge < -0.3 is 4.42 Å². The van der Waals surface area contributed by atoms with Crippen molar-refractivity contribution in [2.75, 3.05) is 0 Å². The second-order valence-corrected chi connectivity index (χ2v) is 7.63. The first-order valence-electron chi connectivity index (χ1n) is 10.8. The molecule has 0 aliphatic rings. The average molecular weight is 349 g/mol. The molecule has 25 heavy (non-hydrogen) atoms. The minimum atomic E-state index is 0.0866. The van der Waals surface area contributed by atoms with Crippen molar-refractivity contribution in [3.05, 3.63) is 24.2 Å². The zero-order valence-corrected chi connectivity index (χ0v) is 16.7. The Hall–Kier alpha value is -1.05. The molecule has 0 spiro atoms. The molecular weight excluding hydrogens is 308 g/mol. The largest absolute Gasteiger partial charge is 0.461 e. The van der Waals surface area contributed by atoms with Crippen LogP contribution < -0.4 is 0 Å². The summed E-state index contributed by atoms with van der Waals surface area (Å²) in [6.07, 6.45) is 21.8. The van der Waals surface area contributed by atoms with Gasteiger partial charge in [0.05, 0.1) is 6.26 Å². The van der Waals surface area contributed by atoms with Crippen LogP contribution in [0.3, 0.4) is 0 Å². The van der Waals surface area contributed by atoms with Gasteiger partial charge in [-0.25, -0.2) is 0 Å². The van der Waals surface area contributed by atoms with Gasteiger partial charge in [0.2, 0.25) is 5.78 Å². The van der Waals surface area contributed by atoms with Gasteiger partial charge >= 0.3 is 0 Å². The number of furan rings is 1. The second-order valence-electron chi connectivity index (χ2n) is 7.63. The summed E-state index contributed by atoms with van der Waals surface area (Å²) in [6.45, 7) is 4.30. The normalized spacial score (nSPS) is 12.4. The van der Waals surface area contributed by atoms with E-state index in [1.165, 1.54) is 83.5 Å². The zero-order chi connectivity index (χ0) is 18.2. The Bertz CT molecular complexity index is 408. The van der Waals surface area contributed by atoms with E-state index in [1.807, 2.05) is 6.92 Å². The van der Waals surface area contributed by atoms with Gasteiger partial charge in [-0.05, 0) is 18.6 Å². The van der Waals surface area contributed by atoms with Crippen LogP contribution in [0, 0.1) is 5.92 Å². The van der Waals surface area contributed by atoms with Crippen molar-refractivity contribution >= 4 is 5.78 Å². The molecule has 1 heterocycles. The van der Waals surface area contributed by atoms with Crippen LogP contribution >= 0.6 is 0 Å². The Labute approximate surface area is 155 Å². The fourth-order valence-electron chi connectivity index (χ4n) is 3.44. The Morgan fingerprint density at radius 1 is 0.840 bits per heavy atom. The van der Waals surface area contributed by atoms with E-state index in [9.17, 15) is 4.79 Å². The Morgan fingerprint density at radius 3 is 1.76 bits per heavy atom. The summed E-state index contributed by atoms with van der Waals surface area (Å²) in [7, 11) is 0. The van der Waals surface area contributed by atoms with Gasteiger partial charge in [0.1, 0.15) is 0 Å². The third-order valence-electron chi connectivity index (χ3n) is 5.20. The van der Waals surface area contributed by atoms with Gasteiger partial charge in [-0.3, -0.25) is 4.79 Å². The van der Waals surface area contributed by atoms with E-state index in [4.69, 9.17) is 4.42 Å². The van der Waals surface area contributed by atoms with Crippen molar-refractivity contribution in [1.82, 2.24) is 0 Å². The van der Waals surface area contributed by atoms with Crippen molar-refractivity contribution in [3.8, 4) is 0 Å². The molecule has 1 aromatic rings. The van der Waals surface area contributed by atoms with E-state index in [-0.39, 0.29) is 11.7 Å². The van der Waals surface area contributed by atoms with Crippen LogP contribution in [0.25, 0.3) is 0 Å². The smallest absolute Gasteiger partial charge is 0.200 e. The topological polar surface area (TPSA) is 30.2 Å². The number of carbonyl (C=O) groups is 1. The monoisotopic (exact) mass is 348 g/mol. The number of hydrogen-bond donors (Lipinski definition) is 0. The molecule has 0 fully saturated rings. The average Bonchev–Trinajstić information content (AvgIpc) is 3.15. The highest BCUT2D eigenvalue weighted by Gasteiger charge is 2.16. The molecule has 2 nitrogen and oxygen atoms in total. The lowest BCUT2D eigenvalue weighted by Crippen LogP contribution is -2.10. The van der Waals surface area contributed by atoms with E-state index >= 15 is 0 Å². The number of Topliss-reactive ketones (excluding diaryl/α,β-unsaturated/α-hetero) is 1. The summed E-state index contributed by atoms with van der Waals surface area (Å²) in [6, 6.07) is 3.55. The maximum atomic E-state index is 12.1. The number of hydrogen-bond acceptors (Lipinski definition) is 2. The Balaban J connectivity index is 1.82. The van der Waals surface area contributed by atoms with Gasteiger partial charge in [-0.1, -0.05) is 104 Å². The first kappa shape index (κ1) is 22.0. The van der Waals surface area contributed by atoms with Crippen LogP contribution in [0.1, 0.15) is 121 Å². The summed E-state index contributed by atoms with van der Waals surface area (Å²) >= 11 is 0. The van der Waals surface area contributed by atoms with Gasteiger partial charge in [0, 0.05) is 5.92 Å². The molecule has 144 valence electrons. The third kappa shape index (κ3) is 11.2. The summed E-state index contributed by atoms with van der Waals surface area (Å²) in [5.74, 6) is 0.751. The molecule has 1 atom stereocenters. The van der Waals surface area contributed by atoms with Gasteiger partial charge in [0.15, 0.2) is 5.76 Å². The maximum absolute atomic E-state index is 12.1. The van der Waals surface area contributed by atoms with Crippen LogP contribution in [0.4, 0.5) is 0 Å². The number of rotatable bonds is 17. The lowest BCUT2D eigenvalue weighted by molar-refractivity contribution is 0.0894. The Morgan fingerprint density at radius 2 is 1.32 bits per heavy atom. The molecule has 1 rings (SSSR count). The number of unbranched alkanes of at least 4 members (excludes halogenated alkanes) is 13. The molecule has 0 saturated carbocycles. The highest BCUT2D eigenvalue weighted by atomic mass is 16.3. The molecule has 0 saturated heterocycles. The van der Waals surface area contributed by atoms with Crippen LogP contribution in [0.2, 0.25) is 0 Å². The summed E-state index contributed by atoms with van der Waals surface area (Å²) in [4.78, 5) is 12.1. The van der Waals surface area contributed by atoms with E-state index in [1.54, 1.807) is 18.4 Å². The predicted molar refractivity (Wildman–Crippen MR) is 107 cm³/mol. The molecule has 2 heteroatoms. The van der Waals surface area contributed by atoms with Crippen molar-refractivity contribution in [2.45, 2.75) is 110 Å². The molecule has 0 aliphatic carbocycles. The molecular formula is C23H40O2. The van der Waals surface area contributed by atoms with Gasteiger partial charge in [0.25, 0.3) is 0 Å². The summed E-state index contributed by atoms with van der Waals surface area (Å²) < 4.78 is 5.19. The van der Waals surface area contributed by atoms with Crippen LogP contribution in [0.15, 0.2) is 22.8 Å². The van der Waals surface area contributed by atoms with Gasteiger partial charge in [-0.2, -0.15) is 0 Å². The molecule has 1 unspecified atom stereocenters. The quantitative estimate of drug-likeness (QED) is 0.211. The second kappa shape index (κ2) is 15.2. The van der Waals surface area contributed by atoms with E-state index in [2.05, 4.69) is 6.92 Å². The number of ketones is 1. The standard InChI is InChI=1S/C23H40O2/c1-3-4-5-6-7-8-9-10-11-12-13-14-15-16-18-21(2)23(24)22-19-17-20-25-22/h17,19-21H,3-16,18H2,1-2H3. The van der Waals surface area contributed by atoms with Crippen molar-refractivity contribution < 1.29 is 9.21 Å². The lowest BCUT2D eigenvalue weighted by atomic mass is 9.96. The molecule has 0 aliphatic heterocycles. The first-order valence-corrected chi connectivity index (χ1v) is 10.8. The van der Waals surface area contributed by atoms with E-state index < -0.39 is 0 Å². The lowest BCUT2D eigenvalue weighted by Gasteiger charge is -2.08. The fourth-order valence-corrected chi connectivity index (χ4v) is 3.44. The van der Waals surface area contributed by atoms with Crippen LogP contribution in [-0.4, -0.2) is 5.78 Å². The summed E-state index contributed by atoms with van der Waals surface area (Å²) in [5.41, 5.74) is 0. The highest BCUT2D eigenvalue weighted by molar-refractivity contribution is 5.94. The van der Waals surface area contributed by atoms with E-state index in [0.717, 1.165) is 12.8 Å². The van der Waals surface area contributed by atoms with Crippen molar-refractivity contribution in [2.24, 2.45) is 5.92 Å². The maximum Gasteiger partial charge on any atom is 0.200 e. The molecule has 0 radical (unpaired) electrons. The number of carbonyl (C=O) groups excluding carboxylic acids is 1. The van der Waals surface area contributed by atoms with E-state index in [0.29, 0.717) is 5.76 Å². The minimum Gasteiger partial charge on any atom is -0.461 e. The third-order valence-corrected chi connectivity index (χ3v) is 5.20. The van der Waals surface area contributed by atoms with Gasteiger partial charge in [-0.15, -0.1) is 0 Å². The summed E-state index contributed by atoms with van der Waals surface area (Å²) in [5, 5.41) is 0. The predicted octanol–water partition coefficient (Wildman–Crippen LogP) is 7.97. The van der Waals surface area contributed by atoms with Crippen LogP contribution in [0.5, 0.6) is 0 Å². The molecule has 0 N–H and O–H groups in total. The van der Waals surface area contributed by atoms with Crippen molar-refractivity contribution in [1.29, 1.82) is 0 Å². The van der Waals surface area contributed by atoms with Crippen LogP contribution in [-0.2, 0) is 0 Å². The Kier molecular flexibility index (Phi) is 13.4. The highest BCUT2D eigenvalue weighted by Crippen LogP contribution is 2.17. The minimum absolute atomic E-state index is 0.0866. The molecule has 0 aromatic carbocycles. The van der Waals surface area contributed by atoms with Crippen molar-refractivity contribution in [3.63, 3.8) is 0 Å². The molecule has 0 amide bonds. The SMILES string of the molecule is CCCCCCCCCCCCCCCCC(C)C(=O)c1ccco1.